The van der Waals surface area contributed by atoms with Gasteiger partial charge in [0.1, 0.15) is 0 Å². The van der Waals surface area contributed by atoms with E-state index in [0.717, 1.165) is 0 Å². The van der Waals surface area contributed by atoms with Gasteiger partial charge in [-0.1, -0.05) is 9.39 Å². The maximum atomic E-state index is 2.49. The minimum Gasteiger partial charge on any atom is -0.293 e. The van der Waals surface area contributed by atoms with Gasteiger partial charge in [-0.3, -0.25) is 4.67 Å². The summed E-state index contributed by atoms with van der Waals surface area (Å²) in [7, 11) is 6.42. The van der Waals surface area contributed by atoms with Crippen LogP contribution in [0, 0.1) is 0 Å². The molecule has 0 heterocycles. The summed E-state index contributed by atoms with van der Waals surface area (Å²) >= 11 is 0. The predicted octanol–water partition coefficient (Wildman–Crippen LogP) is 0.760. The summed E-state index contributed by atoms with van der Waals surface area (Å²) in [6.07, 6.45) is 0. The van der Waals surface area contributed by atoms with Gasteiger partial charge in [-0.25, -0.2) is 0 Å². The van der Waals surface area contributed by atoms with Crippen LogP contribution in [-0.4, -0.2) is 18.8 Å². The van der Waals surface area contributed by atoms with Crippen molar-refractivity contribution < 1.29 is 0 Å². The maximum Gasteiger partial charge on any atom is -0.0102 e. The Hall–Kier alpha value is 0.680. The van der Waals surface area contributed by atoms with Crippen LogP contribution in [0.5, 0.6) is 0 Å². The van der Waals surface area contributed by atoms with Gasteiger partial charge in [0.05, 0.1) is 0 Å². The molecule has 34 valence electrons. The number of rotatable bonds is 0. The molecule has 0 N–H and O–H groups in total. The molecular weight excluding hydrogens is 104 g/mol. The SMILES string of the molecule is CN(C)P.Cl. The zero-order valence-corrected chi connectivity index (χ0v) is 5.40. The third kappa shape index (κ3) is 72.7. The van der Waals surface area contributed by atoms with Crippen LogP contribution in [0.25, 0.3) is 0 Å². The van der Waals surface area contributed by atoms with E-state index in [4.69, 9.17) is 0 Å². The molecule has 0 aromatic carbocycles. The van der Waals surface area contributed by atoms with Crippen LogP contribution in [0.3, 0.4) is 0 Å². The van der Waals surface area contributed by atoms with Gasteiger partial charge in [0.15, 0.2) is 0 Å². The third-order valence-electron chi connectivity index (χ3n) is 0. The molecule has 0 aliphatic heterocycles. The van der Waals surface area contributed by atoms with Crippen molar-refractivity contribution in [3.05, 3.63) is 0 Å². The fourth-order valence-electron chi connectivity index (χ4n) is 0. The largest absolute Gasteiger partial charge is 0.293 e. The number of hydrogen-bond acceptors (Lipinski definition) is 1. The summed E-state index contributed by atoms with van der Waals surface area (Å²) in [5, 5.41) is 0. The molecule has 0 amide bonds. The average molecular weight is 114 g/mol. The molecule has 0 aromatic rings. The van der Waals surface area contributed by atoms with Crippen LogP contribution in [0.4, 0.5) is 0 Å². The van der Waals surface area contributed by atoms with Crippen molar-refractivity contribution >= 4 is 21.8 Å². The molecule has 3 heteroatoms. The smallest absolute Gasteiger partial charge is 0.0102 e. The van der Waals surface area contributed by atoms with Gasteiger partial charge in [0, 0.05) is 0 Å². The van der Waals surface area contributed by atoms with Gasteiger partial charge in [-0.2, -0.15) is 0 Å². The Morgan fingerprint density at radius 3 is 1.40 bits per heavy atom. The van der Waals surface area contributed by atoms with Crippen molar-refractivity contribution in [2.24, 2.45) is 0 Å². The highest BCUT2D eigenvalue weighted by Gasteiger charge is 1.58. The van der Waals surface area contributed by atoms with Crippen LogP contribution in [0.2, 0.25) is 0 Å². The number of hydrogen-bond donors (Lipinski definition) is 0. The van der Waals surface area contributed by atoms with E-state index >= 15 is 0 Å². The van der Waals surface area contributed by atoms with Gasteiger partial charge in [-0.15, -0.1) is 12.4 Å². The Kier molecular flexibility index (Phi) is 8.60. The van der Waals surface area contributed by atoms with E-state index in [2.05, 4.69) is 9.39 Å². The topological polar surface area (TPSA) is 3.24 Å². The van der Waals surface area contributed by atoms with Gasteiger partial charge < -0.3 is 0 Å². The van der Waals surface area contributed by atoms with Gasteiger partial charge in [0.25, 0.3) is 0 Å². The van der Waals surface area contributed by atoms with Crippen molar-refractivity contribution in [3.8, 4) is 0 Å². The van der Waals surface area contributed by atoms with Crippen molar-refractivity contribution in [1.29, 1.82) is 0 Å². The van der Waals surface area contributed by atoms with Crippen LogP contribution < -0.4 is 0 Å². The molecule has 1 unspecified atom stereocenters. The standard InChI is InChI=1S/C2H8NP.ClH/c1-3(2)4;/h4H2,1-2H3;1H. The Morgan fingerprint density at radius 2 is 1.40 bits per heavy atom. The minimum absolute atomic E-state index is 0. The maximum absolute atomic E-state index is 2.49. The lowest BCUT2D eigenvalue weighted by Gasteiger charge is -1.90. The molecule has 0 fully saturated rings. The molecule has 0 saturated carbocycles. The van der Waals surface area contributed by atoms with E-state index in [0.29, 0.717) is 0 Å². The highest BCUT2D eigenvalue weighted by Crippen LogP contribution is 1.78. The summed E-state index contributed by atoms with van der Waals surface area (Å²) in [5.41, 5.74) is 0. The summed E-state index contributed by atoms with van der Waals surface area (Å²) in [5.74, 6) is 0. The number of halogens is 1. The predicted molar refractivity (Wildman–Crippen MR) is 30.6 cm³/mol. The van der Waals surface area contributed by atoms with Crippen LogP contribution in [-0.2, 0) is 0 Å². The fourth-order valence-corrected chi connectivity index (χ4v) is 0. The van der Waals surface area contributed by atoms with E-state index < -0.39 is 0 Å². The molecule has 0 aliphatic carbocycles. The minimum atomic E-state index is 0. The molecule has 0 bridgehead atoms. The summed E-state index contributed by atoms with van der Waals surface area (Å²) in [6, 6.07) is 0. The quantitative estimate of drug-likeness (QED) is 0.419. The highest BCUT2D eigenvalue weighted by molar-refractivity contribution is 7.13. The molecule has 0 aromatic heterocycles. The lowest BCUT2D eigenvalue weighted by atomic mass is 11.3. The molecular formula is C2H9ClNP. The van der Waals surface area contributed by atoms with E-state index in [9.17, 15) is 0 Å². The Bertz CT molecular complexity index is 14.4. The lowest BCUT2D eigenvalue weighted by molar-refractivity contribution is 0.703. The normalized spacial score (nSPS) is 7.20. The summed E-state index contributed by atoms with van der Waals surface area (Å²) < 4.78 is 1.92. The third-order valence-corrected chi connectivity index (χ3v) is 0. The average Bonchev–Trinajstić information content (AvgIpc) is 0.811. The van der Waals surface area contributed by atoms with E-state index in [-0.39, 0.29) is 12.4 Å². The van der Waals surface area contributed by atoms with E-state index in [1.807, 2.05) is 18.8 Å². The fraction of sp³-hybridized carbons (Fsp3) is 1.00. The molecule has 5 heavy (non-hydrogen) atoms. The monoisotopic (exact) mass is 113 g/mol. The second-order valence-electron chi connectivity index (χ2n) is 0.964. The Labute approximate surface area is 41.4 Å². The second kappa shape index (κ2) is 4.68. The molecule has 0 spiro atoms. The van der Waals surface area contributed by atoms with Crippen molar-refractivity contribution in [2.45, 2.75) is 0 Å². The molecule has 0 rings (SSSR count). The molecule has 1 nitrogen and oxygen atoms in total. The number of nitrogens with zero attached hydrogens (tertiary/aromatic N) is 1. The summed E-state index contributed by atoms with van der Waals surface area (Å²) in [4.78, 5) is 0. The van der Waals surface area contributed by atoms with Gasteiger partial charge >= 0.3 is 0 Å². The lowest BCUT2D eigenvalue weighted by Crippen LogP contribution is -1.88. The second-order valence-corrected chi connectivity index (χ2v) is 2.00. The zero-order valence-electron chi connectivity index (χ0n) is 3.43. The molecule has 0 aliphatic rings. The van der Waals surface area contributed by atoms with Gasteiger partial charge in [-0.05, 0) is 14.1 Å². The zero-order chi connectivity index (χ0) is 3.58. The van der Waals surface area contributed by atoms with Crippen molar-refractivity contribution in [3.63, 3.8) is 0 Å². The molecule has 0 radical (unpaired) electrons. The summed E-state index contributed by atoms with van der Waals surface area (Å²) in [6.45, 7) is 0. The molecule has 1 atom stereocenters. The highest BCUT2D eigenvalue weighted by atomic mass is 35.5. The van der Waals surface area contributed by atoms with E-state index in [1.165, 1.54) is 0 Å². The van der Waals surface area contributed by atoms with E-state index in [1.54, 1.807) is 0 Å². The van der Waals surface area contributed by atoms with Crippen LogP contribution in [0.15, 0.2) is 0 Å². The first kappa shape index (κ1) is 9.19. The van der Waals surface area contributed by atoms with Crippen molar-refractivity contribution in [2.75, 3.05) is 14.1 Å². The van der Waals surface area contributed by atoms with Gasteiger partial charge in [0.2, 0.25) is 0 Å². The Balaban J connectivity index is 0. The van der Waals surface area contributed by atoms with Crippen LogP contribution >= 0.6 is 21.8 Å². The Morgan fingerprint density at radius 1 is 1.40 bits per heavy atom. The van der Waals surface area contributed by atoms with Crippen LogP contribution in [0.1, 0.15) is 0 Å². The first-order valence-electron chi connectivity index (χ1n) is 1.15. The van der Waals surface area contributed by atoms with Crippen molar-refractivity contribution in [1.82, 2.24) is 4.67 Å². The first-order chi connectivity index (χ1) is 1.73. The first-order valence-corrected chi connectivity index (χ1v) is 1.67. The molecule has 0 saturated heterocycles.